The van der Waals surface area contributed by atoms with Crippen molar-refractivity contribution in [1.82, 2.24) is 5.32 Å². The fourth-order valence-electron chi connectivity index (χ4n) is 5.65. The third-order valence-electron chi connectivity index (χ3n) is 8.26. The lowest BCUT2D eigenvalue weighted by atomic mass is 9.37. The van der Waals surface area contributed by atoms with Gasteiger partial charge in [0.1, 0.15) is 0 Å². The molecule has 2 aromatic carbocycles. The van der Waals surface area contributed by atoms with E-state index in [0.717, 1.165) is 11.1 Å². The number of hydrogen-bond donors (Lipinski definition) is 1. The Kier molecular flexibility index (Phi) is 6.75. The Morgan fingerprint density at radius 2 is 1.61 bits per heavy atom. The molecule has 0 atom stereocenters. The maximum absolute atomic E-state index is 4.31. The molecule has 0 aromatic heterocycles. The Morgan fingerprint density at radius 3 is 2.19 bits per heavy atom. The number of nitrogens with one attached hydrogen (secondary N) is 1. The molecule has 0 aliphatic carbocycles. The minimum absolute atomic E-state index is 0.0566. The summed E-state index contributed by atoms with van der Waals surface area (Å²) in [6.45, 7) is 26.2. The first kappa shape index (κ1) is 25.6. The summed E-state index contributed by atoms with van der Waals surface area (Å²) in [5.41, 5.74) is 11.9. The summed E-state index contributed by atoms with van der Waals surface area (Å²) < 4.78 is 0. The molecule has 0 saturated carbocycles. The monoisotopic (exact) mass is 471 g/mol. The van der Waals surface area contributed by atoms with Gasteiger partial charge in [-0.2, -0.15) is 0 Å². The van der Waals surface area contributed by atoms with Crippen molar-refractivity contribution in [2.24, 2.45) is 5.41 Å². The average Bonchev–Trinajstić information content (AvgIpc) is 3.16. The van der Waals surface area contributed by atoms with Crippen LogP contribution in [0.1, 0.15) is 47.1 Å². The number of piperidine rings is 1. The van der Waals surface area contributed by atoms with Gasteiger partial charge in [0.2, 0.25) is 6.71 Å². The van der Waals surface area contributed by atoms with Gasteiger partial charge in [0.15, 0.2) is 0 Å². The van der Waals surface area contributed by atoms with Crippen LogP contribution >= 0.6 is 0 Å². The minimum atomic E-state index is -0.115. The van der Waals surface area contributed by atoms with E-state index >= 15 is 0 Å². The van der Waals surface area contributed by atoms with Crippen LogP contribution < -0.4 is 10.8 Å². The molecule has 4 rings (SSSR count). The minimum Gasteiger partial charge on any atom is -0.379 e. The Bertz CT molecular complexity index is 1360. The summed E-state index contributed by atoms with van der Waals surface area (Å²) in [7, 11) is 0. The summed E-state index contributed by atoms with van der Waals surface area (Å²) in [5, 5.41) is 3.95. The van der Waals surface area contributed by atoms with Crippen LogP contribution in [0, 0.1) is 5.41 Å². The molecule has 0 unspecified atom stereocenters. The SMILES string of the molecule is C=CC(=C)c1cc(B2C(C=C)=C3C(=C2/C=C\C)NC(C)(C)C(C)(C)/C3=C/C)cc(-c2ccccc2)c1. The van der Waals surface area contributed by atoms with Gasteiger partial charge in [-0.1, -0.05) is 117 Å². The number of rotatable bonds is 6. The van der Waals surface area contributed by atoms with Gasteiger partial charge in [0.05, 0.1) is 0 Å². The quantitative estimate of drug-likeness (QED) is 0.332. The molecular formula is C34H38BN. The predicted molar refractivity (Wildman–Crippen MR) is 160 cm³/mol. The third kappa shape index (κ3) is 3.99. The summed E-state index contributed by atoms with van der Waals surface area (Å²) in [6.07, 6.45) is 10.6. The fraction of sp³-hybridized carbons (Fsp3) is 0.235. The van der Waals surface area contributed by atoms with Crippen molar-refractivity contribution in [3.63, 3.8) is 0 Å². The zero-order chi connectivity index (χ0) is 26.3. The molecule has 0 bridgehead atoms. The van der Waals surface area contributed by atoms with Gasteiger partial charge in [-0.3, -0.25) is 0 Å². The van der Waals surface area contributed by atoms with Crippen molar-refractivity contribution in [2.75, 3.05) is 0 Å². The van der Waals surface area contributed by atoms with Gasteiger partial charge in [-0.05, 0) is 72.6 Å². The molecule has 2 heterocycles. The van der Waals surface area contributed by atoms with E-state index in [1.807, 2.05) is 6.08 Å². The number of allylic oxidation sites excluding steroid dienone is 9. The standard InChI is InChI=1S/C34H38BN/c1-10-17-30-32-31(28(12-3)33(6,7)34(8,9)36-32)29(13-4)35(30)27-21-25(23(5)11-2)20-26(22-27)24-18-15-14-16-19-24/h10-22,36H,2,4-5H2,1,3,6-9H3/b17-10-,28-12+. The molecule has 2 aliphatic heterocycles. The van der Waals surface area contributed by atoms with Crippen molar-refractivity contribution < 1.29 is 0 Å². The number of fused-ring (bicyclic) bond motifs is 1. The maximum Gasteiger partial charge on any atom is 0.244 e. The van der Waals surface area contributed by atoms with E-state index in [4.69, 9.17) is 0 Å². The Labute approximate surface area is 218 Å². The lowest BCUT2D eigenvalue weighted by Crippen LogP contribution is -2.56. The van der Waals surface area contributed by atoms with Gasteiger partial charge in [0, 0.05) is 16.7 Å². The van der Waals surface area contributed by atoms with E-state index in [2.05, 4.69) is 139 Å². The van der Waals surface area contributed by atoms with Crippen LogP contribution in [-0.4, -0.2) is 12.3 Å². The molecule has 0 spiro atoms. The molecule has 2 heteroatoms. The lowest BCUT2D eigenvalue weighted by Gasteiger charge is -2.51. The van der Waals surface area contributed by atoms with Crippen molar-refractivity contribution in [3.05, 3.63) is 132 Å². The highest BCUT2D eigenvalue weighted by atomic mass is 15.0. The highest BCUT2D eigenvalue weighted by Crippen LogP contribution is 2.52. The third-order valence-corrected chi connectivity index (χ3v) is 8.26. The van der Waals surface area contributed by atoms with Crippen molar-refractivity contribution in [2.45, 2.75) is 47.1 Å². The molecule has 36 heavy (non-hydrogen) atoms. The lowest BCUT2D eigenvalue weighted by molar-refractivity contribution is 0.201. The Hall–Kier alpha value is -3.52. The van der Waals surface area contributed by atoms with E-state index < -0.39 is 0 Å². The summed E-state index contributed by atoms with van der Waals surface area (Å²) >= 11 is 0. The van der Waals surface area contributed by atoms with Gasteiger partial charge in [-0.15, -0.1) is 0 Å². The first-order valence-corrected chi connectivity index (χ1v) is 12.8. The Morgan fingerprint density at radius 1 is 0.917 bits per heavy atom. The van der Waals surface area contributed by atoms with Crippen molar-refractivity contribution >= 4 is 17.7 Å². The average molecular weight is 471 g/mol. The molecule has 1 fully saturated rings. The van der Waals surface area contributed by atoms with Crippen LogP contribution in [0.2, 0.25) is 0 Å². The van der Waals surface area contributed by atoms with E-state index in [9.17, 15) is 0 Å². The second kappa shape index (κ2) is 9.50. The predicted octanol–water partition coefficient (Wildman–Crippen LogP) is 8.01. The first-order chi connectivity index (χ1) is 17.1. The van der Waals surface area contributed by atoms with Crippen LogP contribution in [-0.2, 0) is 0 Å². The number of benzene rings is 2. The molecular weight excluding hydrogens is 433 g/mol. The molecule has 0 radical (unpaired) electrons. The molecule has 182 valence electrons. The second-order valence-corrected chi connectivity index (χ2v) is 10.8. The van der Waals surface area contributed by atoms with Gasteiger partial charge < -0.3 is 5.32 Å². The van der Waals surface area contributed by atoms with E-state index in [1.54, 1.807) is 0 Å². The first-order valence-electron chi connectivity index (χ1n) is 12.8. The van der Waals surface area contributed by atoms with Crippen molar-refractivity contribution in [1.29, 1.82) is 0 Å². The van der Waals surface area contributed by atoms with E-state index in [0.29, 0.717) is 0 Å². The second-order valence-electron chi connectivity index (χ2n) is 10.8. The zero-order valence-corrected chi connectivity index (χ0v) is 22.7. The summed E-state index contributed by atoms with van der Waals surface area (Å²) in [5.74, 6) is 0. The fourth-order valence-corrected chi connectivity index (χ4v) is 5.65. The van der Waals surface area contributed by atoms with E-state index in [-0.39, 0.29) is 17.7 Å². The smallest absolute Gasteiger partial charge is 0.244 e. The molecule has 2 aromatic rings. The maximum atomic E-state index is 4.31. The molecule has 0 amide bonds. The van der Waals surface area contributed by atoms with E-state index in [1.165, 1.54) is 44.4 Å². The summed E-state index contributed by atoms with van der Waals surface area (Å²) in [6, 6.07) is 17.4. The molecule has 1 N–H and O–H groups in total. The van der Waals surface area contributed by atoms with Crippen LogP contribution in [0.3, 0.4) is 0 Å². The molecule has 1 nitrogen and oxygen atoms in total. The molecule has 2 aliphatic rings. The zero-order valence-electron chi connectivity index (χ0n) is 22.7. The van der Waals surface area contributed by atoms with Crippen LogP contribution in [0.25, 0.3) is 16.7 Å². The topological polar surface area (TPSA) is 12.0 Å². The van der Waals surface area contributed by atoms with Gasteiger partial charge >= 0.3 is 0 Å². The van der Waals surface area contributed by atoms with Crippen LogP contribution in [0.5, 0.6) is 0 Å². The highest BCUT2D eigenvalue weighted by Gasteiger charge is 2.50. The largest absolute Gasteiger partial charge is 0.379 e. The highest BCUT2D eigenvalue weighted by molar-refractivity contribution is 6.88. The number of hydrogen-bond acceptors (Lipinski definition) is 1. The van der Waals surface area contributed by atoms with Crippen molar-refractivity contribution in [3.8, 4) is 11.1 Å². The van der Waals surface area contributed by atoms with Gasteiger partial charge in [0.25, 0.3) is 0 Å². The normalized spacial score (nSPS) is 19.5. The molecule has 1 saturated heterocycles. The van der Waals surface area contributed by atoms with Crippen LogP contribution in [0.15, 0.2) is 126 Å². The Balaban J connectivity index is 2.05. The van der Waals surface area contributed by atoms with Crippen LogP contribution in [0.4, 0.5) is 0 Å². The summed E-state index contributed by atoms with van der Waals surface area (Å²) in [4.78, 5) is 0. The van der Waals surface area contributed by atoms with Gasteiger partial charge in [-0.25, -0.2) is 0 Å².